The predicted molar refractivity (Wildman–Crippen MR) is 78.3 cm³/mol. The van der Waals surface area contributed by atoms with E-state index < -0.39 is 0 Å². The Kier molecular flexibility index (Phi) is 4.49. The molecular formula is C14H22ClN3. The van der Waals surface area contributed by atoms with Crippen molar-refractivity contribution in [3.63, 3.8) is 0 Å². The van der Waals surface area contributed by atoms with Crippen LogP contribution in [0.25, 0.3) is 0 Å². The monoisotopic (exact) mass is 267 g/mol. The van der Waals surface area contributed by atoms with Crippen LogP contribution in [0.2, 0.25) is 5.02 Å². The lowest BCUT2D eigenvalue weighted by molar-refractivity contribution is 0.213. The van der Waals surface area contributed by atoms with Gasteiger partial charge in [0.2, 0.25) is 0 Å². The lowest BCUT2D eigenvalue weighted by Gasteiger charge is -2.41. The van der Waals surface area contributed by atoms with Crippen molar-refractivity contribution in [2.45, 2.75) is 25.9 Å². The number of benzene rings is 1. The number of rotatable bonds is 3. The molecule has 1 heterocycles. The molecule has 18 heavy (non-hydrogen) atoms. The van der Waals surface area contributed by atoms with Crippen LogP contribution in [0, 0.1) is 0 Å². The Morgan fingerprint density at radius 3 is 2.83 bits per heavy atom. The quantitative estimate of drug-likeness (QED) is 0.912. The molecule has 0 aliphatic carbocycles. The third-order valence-electron chi connectivity index (χ3n) is 3.86. The Hall–Kier alpha value is -0.770. The number of halogens is 1. The fraction of sp³-hybridized carbons (Fsp3) is 0.571. The zero-order valence-corrected chi connectivity index (χ0v) is 12.0. The Morgan fingerprint density at radius 1 is 1.39 bits per heavy atom. The summed E-state index contributed by atoms with van der Waals surface area (Å²) >= 11 is 6.11. The average molecular weight is 268 g/mol. The molecule has 0 radical (unpaired) electrons. The van der Waals surface area contributed by atoms with Crippen molar-refractivity contribution in [1.82, 2.24) is 4.90 Å². The third kappa shape index (κ3) is 2.79. The van der Waals surface area contributed by atoms with Crippen LogP contribution in [-0.2, 0) is 6.54 Å². The van der Waals surface area contributed by atoms with Crippen LogP contribution in [0.4, 0.5) is 5.69 Å². The Morgan fingerprint density at radius 2 is 2.17 bits per heavy atom. The number of likely N-dealkylation sites (N-methyl/N-ethyl adjacent to an activating group) is 1. The smallest absolute Gasteiger partial charge is 0.0427 e. The van der Waals surface area contributed by atoms with Gasteiger partial charge in [0.15, 0.2) is 0 Å². The van der Waals surface area contributed by atoms with Crippen molar-refractivity contribution in [3.8, 4) is 0 Å². The summed E-state index contributed by atoms with van der Waals surface area (Å²) in [4.78, 5) is 4.85. The van der Waals surface area contributed by atoms with Crippen LogP contribution in [-0.4, -0.2) is 37.6 Å². The number of nitrogens with two attached hydrogens (primary N) is 1. The maximum absolute atomic E-state index is 6.11. The molecule has 1 aromatic rings. The van der Waals surface area contributed by atoms with E-state index in [4.69, 9.17) is 17.3 Å². The first-order chi connectivity index (χ1) is 8.65. The van der Waals surface area contributed by atoms with Gasteiger partial charge >= 0.3 is 0 Å². The molecule has 1 saturated heterocycles. The number of hydrogen-bond donors (Lipinski definition) is 1. The van der Waals surface area contributed by atoms with Crippen LogP contribution in [0.1, 0.15) is 18.9 Å². The summed E-state index contributed by atoms with van der Waals surface area (Å²) in [7, 11) is 2.20. The highest BCUT2D eigenvalue weighted by atomic mass is 35.5. The van der Waals surface area contributed by atoms with Crippen LogP contribution >= 0.6 is 11.6 Å². The fourth-order valence-electron chi connectivity index (χ4n) is 2.61. The maximum Gasteiger partial charge on any atom is 0.0427 e. The summed E-state index contributed by atoms with van der Waals surface area (Å²) in [6.07, 6.45) is 1.17. The molecule has 0 bridgehead atoms. The Bertz CT molecular complexity index is 408. The largest absolute Gasteiger partial charge is 0.368 e. The molecule has 1 aliphatic rings. The molecule has 1 atom stereocenters. The molecule has 1 aromatic carbocycles. The fourth-order valence-corrected chi connectivity index (χ4v) is 2.78. The highest BCUT2D eigenvalue weighted by molar-refractivity contribution is 6.30. The van der Waals surface area contributed by atoms with Crippen molar-refractivity contribution in [3.05, 3.63) is 28.8 Å². The van der Waals surface area contributed by atoms with Gasteiger partial charge in [0.1, 0.15) is 0 Å². The third-order valence-corrected chi connectivity index (χ3v) is 4.09. The molecule has 100 valence electrons. The predicted octanol–water partition coefficient (Wildman–Crippen LogP) is 2.33. The zero-order chi connectivity index (χ0) is 13.1. The van der Waals surface area contributed by atoms with Crippen molar-refractivity contribution in [2.24, 2.45) is 5.73 Å². The van der Waals surface area contributed by atoms with Gasteiger partial charge in [-0.3, -0.25) is 4.90 Å². The van der Waals surface area contributed by atoms with E-state index in [0.29, 0.717) is 12.6 Å². The van der Waals surface area contributed by atoms with Crippen molar-refractivity contribution in [2.75, 3.05) is 31.6 Å². The van der Waals surface area contributed by atoms with E-state index in [9.17, 15) is 0 Å². The van der Waals surface area contributed by atoms with E-state index >= 15 is 0 Å². The van der Waals surface area contributed by atoms with Crippen molar-refractivity contribution in [1.29, 1.82) is 0 Å². The normalized spacial score (nSPS) is 21.3. The molecule has 4 heteroatoms. The molecule has 0 amide bonds. The minimum atomic E-state index is 0.565. The number of hydrogen-bond acceptors (Lipinski definition) is 3. The lowest BCUT2D eigenvalue weighted by Crippen LogP contribution is -2.51. The van der Waals surface area contributed by atoms with Gasteiger partial charge in [0, 0.05) is 42.9 Å². The Labute approximate surface area is 115 Å². The SMILES string of the molecule is CCC1CN(c2cc(Cl)ccc2CN)CCN1C. The summed E-state index contributed by atoms with van der Waals surface area (Å²) in [5.74, 6) is 0. The summed E-state index contributed by atoms with van der Waals surface area (Å²) in [6, 6.07) is 6.61. The minimum absolute atomic E-state index is 0.565. The van der Waals surface area contributed by atoms with Crippen LogP contribution < -0.4 is 10.6 Å². The number of anilines is 1. The van der Waals surface area contributed by atoms with Crippen molar-refractivity contribution >= 4 is 17.3 Å². The van der Waals surface area contributed by atoms with Gasteiger partial charge in [0.25, 0.3) is 0 Å². The topological polar surface area (TPSA) is 32.5 Å². The van der Waals surface area contributed by atoms with Crippen LogP contribution in [0.5, 0.6) is 0 Å². The summed E-state index contributed by atoms with van der Waals surface area (Å²) < 4.78 is 0. The van der Waals surface area contributed by atoms with E-state index in [-0.39, 0.29) is 0 Å². The zero-order valence-electron chi connectivity index (χ0n) is 11.2. The van der Waals surface area contributed by atoms with Gasteiger partial charge < -0.3 is 10.6 Å². The minimum Gasteiger partial charge on any atom is -0.368 e. The molecule has 0 saturated carbocycles. The van der Waals surface area contributed by atoms with E-state index in [1.54, 1.807) is 0 Å². The molecule has 1 aliphatic heterocycles. The lowest BCUT2D eigenvalue weighted by atomic mass is 10.1. The molecule has 0 aromatic heterocycles. The highest BCUT2D eigenvalue weighted by Gasteiger charge is 2.24. The van der Waals surface area contributed by atoms with Gasteiger partial charge in [0.05, 0.1) is 0 Å². The van der Waals surface area contributed by atoms with E-state index in [1.165, 1.54) is 17.7 Å². The second kappa shape index (κ2) is 5.91. The van der Waals surface area contributed by atoms with Gasteiger partial charge in [-0.15, -0.1) is 0 Å². The molecule has 1 unspecified atom stereocenters. The average Bonchev–Trinajstić information content (AvgIpc) is 2.39. The van der Waals surface area contributed by atoms with Crippen molar-refractivity contribution < 1.29 is 0 Å². The van der Waals surface area contributed by atoms with Gasteiger partial charge in [-0.05, 0) is 31.2 Å². The first kappa shape index (κ1) is 13.7. The second-order valence-corrected chi connectivity index (χ2v) is 5.40. The van der Waals surface area contributed by atoms with E-state index in [0.717, 1.165) is 24.7 Å². The molecule has 1 fully saturated rings. The maximum atomic E-state index is 6.11. The first-order valence-corrected chi connectivity index (χ1v) is 6.97. The second-order valence-electron chi connectivity index (χ2n) is 4.97. The van der Waals surface area contributed by atoms with Crippen LogP contribution in [0.3, 0.4) is 0 Å². The van der Waals surface area contributed by atoms with Gasteiger partial charge in [-0.1, -0.05) is 24.6 Å². The summed E-state index contributed by atoms with van der Waals surface area (Å²) in [5.41, 5.74) is 8.21. The molecule has 3 nitrogen and oxygen atoms in total. The van der Waals surface area contributed by atoms with Gasteiger partial charge in [-0.25, -0.2) is 0 Å². The molecular weight excluding hydrogens is 246 g/mol. The number of piperazine rings is 1. The highest BCUT2D eigenvalue weighted by Crippen LogP contribution is 2.27. The molecule has 2 rings (SSSR count). The van der Waals surface area contributed by atoms with Crippen LogP contribution in [0.15, 0.2) is 18.2 Å². The number of nitrogens with zero attached hydrogens (tertiary/aromatic N) is 2. The standard InChI is InChI=1S/C14H22ClN3/c1-3-13-10-18(7-6-17(13)2)14-8-12(15)5-4-11(14)9-16/h4-5,8,13H,3,6-7,9-10,16H2,1-2H3. The summed E-state index contributed by atoms with van der Waals surface area (Å²) in [6.45, 7) is 6.00. The van der Waals surface area contributed by atoms with E-state index in [2.05, 4.69) is 23.8 Å². The first-order valence-electron chi connectivity index (χ1n) is 6.59. The van der Waals surface area contributed by atoms with Gasteiger partial charge in [-0.2, -0.15) is 0 Å². The molecule has 2 N–H and O–H groups in total. The Balaban J connectivity index is 2.23. The summed E-state index contributed by atoms with van der Waals surface area (Å²) in [5, 5.41) is 0.786. The van der Waals surface area contributed by atoms with E-state index in [1.807, 2.05) is 18.2 Å². The molecule has 0 spiro atoms.